The molecule has 3 nitrogen and oxygen atoms in total. The van der Waals surface area contributed by atoms with E-state index in [1.165, 1.54) is 11.1 Å². The number of ether oxygens (including phenoxy) is 1. The molecular formula is C17H27NO2. The number of hydrogen-bond acceptors (Lipinski definition) is 2. The topological polar surface area (TPSA) is 38.3 Å². The lowest BCUT2D eigenvalue weighted by atomic mass is 9.86. The molecule has 112 valence electrons. The van der Waals surface area contributed by atoms with Crippen LogP contribution < -0.4 is 5.32 Å². The van der Waals surface area contributed by atoms with E-state index < -0.39 is 0 Å². The molecule has 0 aliphatic carbocycles. The smallest absolute Gasteiger partial charge is 0.220 e. The summed E-state index contributed by atoms with van der Waals surface area (Å²) in [7, 11) is 1.67. The number of amides is 1. The van der Waals surface area contributed by atoms with Crippen molar-refractivity contribution < 1.29 is 9.53 Å². The molecule has 0 bridgehead atoms. The molecule has 0 saturated carbocycles. The van der Waals surface area contributed by atoms with E-state index in [-0.39, 0.29) is 11.3 Å². The minimum Gasteiger partial charge on any atom is -0.385 e. The summed E-state index contributed by atoms with van der Waals surface area (Å²) in [5.74, 6) is 0.112. The van der Waals surface area contributed by atoms with Crippen molar-refractivity contribution in [3.63, 3.8) is 0 Å². The molecule has 20 heavy (non-hydrogen) atoms. The van der Waals surface area contributed by atoms with Crippen LogP contribution in [0.1, 0.15) is 44.7 Å². The maximum Gasteiger partial charge on any atom is 0.220 e. The normalized spacial score (nSPS) is 11.4. The molecule has 0 saturated heterocycles. The van der Waals surface area contributed by atoms with E-state index in [0.717, 1.165) is 12.8 Å². The van der Waals surface area contributed by atoms with Crippen LogP contribution in [0.5, 0.6) is 0 Å². The van der Waals surface area contributed by atoms with E-state index in [9.17, 15) is 4.79 Å². The zero-order valence-corrected chi connectivity index (χ0v) is 13.2. The Bertz CT molecular complexity index is 404. The number of rotatable bonds is 7. The molecule has 1 amide bonds. The van der Waals surface area contributed by atoms with E-state index in [2.05, 4.69) is 50.4 Å². The Balaban J connectivity index is 2.33. The lowest BCUT2D eigenvalue weighted by molar-refractivity contribution is -0.121. The number of methoxy groups -OCH3 is 1. The third kappa shape index (κ3) is 6.20. The van der Waals surface area contributed by atoms with Crippen LogP contribution in [-0.4, -0.2) is 26.2 Å². The van der Waals surface area contributed by atoms with Gasteiger partial charge in [0.05, 0.1) is 0 Å². The minimum atomic E-state index is 0.112. The fourth-order valence-corrected chi connectivity index (χ4v) is 1.96. The molecule has 1 aromatic rings. The Labute approximate surface area is 122 Å². The number of carbonyl (C=O) groups excluding carboxylic acids is 1. The number of hydrogen-bond donors (Lipinski definition) is 1. The van der Waals surface area contributed by atoms with Gasteiger partial charge in [-0.25, -0.2) is 0 Å². The second kappa shape index (κ2) is 8.05. The predicted octanol–water partition coefficient (Wildman–Crippen LogP) is 3.07. The molecule has 1 N–H and O–H groups in total. The van der Waals surface area contributed by atoms with E-state index in [4.69, 9.17) is 4.74 Å². The van der Waals surface area contributed by atoms with Crippen LogP contribution in [0.2, 0.25) is 0 Å². The third-order valence-corrected chi connectivity index (χ3v) is 3.31. The van der Waals surface area contributed by atoms with Crippen molar-refractivity contribution in [1.82, 2.24) is 5.32 Å². The first-order valence-electron chi connectivity index (χ1n) is 7.28. The fourth-order valence-electron chi connectivity index (χ4n) is 1.96. The average molecular weight is 277 g/mol. The highest BCUT2D eigenvalue weighted by molar-refractivity contribution is 5.76. The second-order valence-corrected chi connectivity index (χ2v) is 6.14. The second-order valence-electron chi connectivity index (χ2n) is 6.14. The van der Waals surface area contributed by atoms with Gasteiger partial charge in [0, 0.05) is 26.7 Å². The van der Waals surface area contributed by atoms with Gasteiger partial charge in [0.2, 0.25) is 5.91 Å². The zero-order chi connectivity index (χ0) is 15.0. The van der Waals surface area contributed by atoms with Crippen molar-refractivity contribution in [3.05, 3.63) is 35.4 Å². The summed E-state index contributed by atoms with van der Waals surface area (Å²) >= 11 is 0. The molecule has 0 unspecified atom stereocenters. The third-order valence-electron chi connectivity index (χ3n) is 3.31. The summed E-state index contributed by atoms with van der Waals surface area (Å²) in [4.78, 5) is 11.7. The van der Waals surface area contributed by atoms with Gasteiger partial charge in [-0.05, 0) is 29.4 Å². The monoisotopic (exact) mass is 277 g/mol. The summed E-state index contributed by atoms with van der Waals surface area (Å²) in [5.41, 5.74) is 2.72. The van der Waals surface area contributed by atoms with Gasteiger partial charge in [-0.1, -0.05) is 45.0 Å². The number of benzene rings is 1. The first kappa shape index (κ1) is 16.7. The molecule has 1 aromatic carbocycles. The Morgan fingerprint density at radius 1 is 1.20 bits per heavy atom. The van der Waals surface area contributed by atoms with Crippen molar-refractivity contribution in [3.8, 4) is 0 Å². The molecular weight excluding hydrogens is 250 g/mol. The van der Waals surface area contributed by atoms with Gasteiger partial charge in [0.25, 0.3) is 0 Å². The van der Waals surface area contributed by atoms with E-state index in [0.29, 0.717) is 19.6 Å². The van der Waals surface area contributed by atoms with Crippen LogP contribution in [-0.2, 0) is 21.4 Å². The summed E-state index contributed by atoms with van der Waals surface area (Å²) in [6.07, 6.45) is 2.20. The molecule has 0 heterocycles. The first-order valence-corrected chi connectivity index (χ1v) is 7.28. The molecule has 0 aliphatic heterocycles. The van der Waals surface area contributed by atoms with Gasteiger partial charge in [0.1, 0.15) is 0 Å². The van der Waals surface area contributed by atoms with E-state index >= 15 is 0 Å². The van der Waals surface area contributed by atoms with E-state index in [1.807, 2.05) is 0 Å². The quantitative estimate of drug-likeness (QED) is 0.778. The highest BCUT2D eigenvalue weighted by atomic mass is 16.5. The molecule has 0 fully saturated rings. The van der Waals surface area contributed by atoms with Crippen LogP contribution in [0.15, 0.2) is 24.3 Å². The highest BCUT2D eigenvalue weighted by Crippen LogP contribution is 2.22. The molecule has 0 aromatic heterocycles. The van der Waals surface area contributed by atoms with Crippen molar-refractivity contribution >= 4 is 5.91 Å². The molecule has 0 atom stereocenters. The molecule has 3 heteroatoms. The van der Waals surface area contributed by atoms with Gasteiger partial charge >= 0.3 is 0 Å². The number of aryl methyl sites for hydroxylation is 1. The maximum absolute atomic E-state index is 11.7. The van der Waals surface area contributed by atoms with Crippen LogP contribution in [0, 0.1) is 0 Å². The van der Waals surface area contributed by atoms with Crippen LogP contribution in [0.4, 0.5) is 0 Å². The summed E-state index contributed by atoms with van der Waals surface area (Å²) in [6, 6.07) is 8.56. The van der Waals surface area contributed by atoms with Gasteiger partial charge < -0.3 is 10.1 Å². The zero-order valence-electron chi connectivity index (χ0n) is 13.2. The van der Waals surface area contributed by atoms with Gasteiger partial charge in [-0.15, -0.1) is 0 Å². The van der Waals surface area contributed by atoms with Gasteiger partial charge in [0.15, 0.2) is 0 Å². The lowest BCUT2D eigenvalue weighted by Crippen LogP contribution is -2.25. The molecule has 1 rings (SSSR count). The standard InChI is InChI=1S/C17H27NO2/c1-17(2,3)15-9-6-14(7-10-15)8-11-16(19)18-12-5-13-20-4/h6-7,9-10H,5,8,11-13H2,1-4H3,(H,18,19). The maximum atomic E-state index is 11.7. The minimum absolute atomic E-state index is 0.112. The van der Waals surface area contributed by atoms with Gasteiger partial charge in [-0.3, -0.25) is 4.79 Å². The van der Waals surface area contributed by atoms with Crippen molar-refractivity contribution in [2.24, 2.45) is 0 Å². The Hall–Kier alpha value is -1.35. The first-order chi connectivity index (χ1) is 9.43. The lowest BCUT2D eigenvalue weighted by Gasteiger charge is -2.19. The summed E-state index contributed by atoms with van der Waals surface area (Å²) in [6.45, 7) is 7.99. The van der Waals surface area contributed by atoms with Gasteiger partial charge in [-0.2, -0.15) is 0 Å². The van der Waals surface area contributed by atoms with Crippen molar-refractivity contribution in [2.45, 2.75) is 45.4 Å². The van der Waals surface area contributed by atoms with E-state index in [1.54, 1.807) is 7.11 Å². The number of carbonyl (C=O) groups is 1. The fraction of sp³-hybridized carbons (Fsp3) is 0.588. The van der Waals surface area contributed by atoms with Crippen molar-refractivity contribution in [2.75, 3.05) is 20.3 Å². The largest absolute Gasteiger partial charge is 0.385 e. The van der Waals surface area contributed by atoms with Crippen LogP contribution in [0.3, 0.4) is 0 Å². The van der Waals surface area contributed by atoms with Crippen molar-refractivity contribution in [1.29, 1.82) is 0 Å². The average Bonchev–Trinajstić information content (AvgIpc) is 2.41. The SMILES string of the molecule is COCCCNC(=O)CCc1ccc(C(C)(C)C)cc1. The predicted molar refractivity (Wildman–Crippen MR) is 83.0 cm³/mol. The Morgan fingerprint density at radius 2 is 1.85 bits per heavy atom. The molecule has 0 aliphatic rings. The summed E-state index contributed by atoms with van der Waals surface area (Å²) in [5, 5.41) is 2.90. The summed E-state index contributed by atoms with van der Waals surface area (Å²) < 4.78 is 4.94. The number of nitrogens with one attached hydrogen (secondary N) is 1. The van der Waals surface area contributed by atoms with Crippen LogP contribution in [0.25, 0.3) is 0 Å². The Morgan fingerprint density at radius 3 is 2.40 bits per heavy atom. The van der Waals surface area contributed by atoms with Crippen LogP contribution >= 0.6 is 0 Å². The Kier molecular flexibility index (Phi) is 6.73. The highest BCUT2D eigenvalue weighted by Gasteiger charge is 2.12. The molecule has 0 radical (unpaired) electrons. The molecule has 0 spiro atoms.